The van der Waals surface area contributed by atoms with Crippen LogP contribution in [0.2, 0.25) is 0 Å². The summed E-state index contributed by atoms with van der Waals surface area (Å²) in [7, 11) is 3.69. The number of hydrogen-bond acceptors (Lipinski definition) is 5. The lowest BCUT2D eigenvalue weighted by molar-refractivity contribution is 0.0149. The lowest BCUT2D eigenvalue weighted by Gasteiger charge is -2.37. The van der Waals surface area contributed by atoms with Crippen LogP contribution < -0.4 is 0 Å². The first-order valence-electron chi connectivity index (χ1n) is 10.5. The second kappa shape index (κ2) is 9.00. The zero-order valence-electron chi connectivity index (χ0n) is 18.7. The number of aromatic nitrogens is 2. The monoisotopic (exact) mass is 411 g/mol. The van der Waals surface area contributed by atoms with E-state index in [4.69, 9.17) is 10.1 Å². The maximum absolute atomic E-state index is 12.3. The van der Waals surface area contributed by atoms with Gasteiger partial charge in [0.1, 0.15) is 5.60 Å². The van der Waals surface area contributed by atoms with Crippen LogP contribution in [0.1, 0.15) is 50.4 Å². The van der Waals surface area contributed by atoms with Crippen molar-refractivity contribution >= 4 is 11.8 Å². The standard InChI is InChI=1S/C23H33N5O2/c1-23(2,3)30-22(29)26(4)18-11-14-28(15-12-18)16-17-8-6-7-9-19(17)21(24)20-10-13-25-27(20)5/h6-10,13,18,24H,11-12,14-16H2,1-5H3. The summed E-state index contributed by atoms with van der Waals surface area (Å²) in [4.78, 5) is 16.5. The number of amides is 1. The minimum absolute atomic E-state index is 0.194. The van der Waals surface area contributed by atoms with E-state index in [1.807, 2.05) is 59.1 Å². The smallest absolute Gasteiger partial charge is 0.410 e. The third-order valence-corrected chi connectivity index (χ3v) is 5.54. The lowest BCUT2D eigenvalue weighted by Crippen LogP contribution is -2.46. The molecule has 0 bridgehead atoms. The van der Waals surface area contributed by atoms with Gasteiger partial charge in [-0.15, -0.1) is 0 Å². The van der Waals surface area contributed by atoms with E-state index in [1.165, 1.54) is 0 Å². The van der Waals surface area contributed by atoms with Crippen molar-refractivity contribution in [3.63, 3.8) is 0 Å². The summed E-state index contributed by atoms with van der Waals surface area (Å²) in [6.07, 6.45) is 3.29. The first-order valence-corrected chi connectivity index (χ1v) is 10.5. The summed E-state index contributed by atoms with van der Waals surface area (Å²) in [5, 5.41) is 12.8. The number of piperidine rings is 1. The molecule has 1 aromatic carbocycles. The normalized spacial score (nSPS) is 15.8. The molecule has 162 valence electrons. The van der Waals surface area contributed by atoms with E-state index in [1.54, 1.807) is 15.8 Å². The van der Waals surface area contributed by atoms with Crippen molar-refractivity contribution in [2.75, 3.05) is 20.1 Å². The molecule has 1 aliphatic heterocycles. The molecule has 30 heavy (non-hydrogen) atoms. The third kappa shape index (κ3) is 5.27. The molecule has 2 heterocycles. The minimum Gasteiger partial charge on any atom is -0.444 e. The van der Waals surface area contributed by atoms with Crippen LogP contribution in [0, 0.1) is 5.41 Å². The Morgan fingerprint density at radius 3 is 2.50 bits per heavy atom. The summed E-state index contributed by atoms with van der Waals surface area (Å²) >= 11 is 0. The van der Waals surface area contributed by atoms with E-state index in [-0.39, 0.29) is 12.1 Å². The fraction of sp³-hybridized carbons (Fsp3) is 0.522. The molecule has 1 fully saturated rings. The van der Waals surface area contributed by atoms with Crippen LogP contribution in [0.5, 0.6) is 0 Å². The Bertz CT molecular complexity index is 891. The molecule has 0 atom stereocenters. The Kier molecular flexibility index (Phi) is 6.61. The SMILES string of the molecule is CN(C(=O)OC(C)(C)C)C1CCN(Cc2ccccc2C(=N)c2ccnn2C)CC1. The van der Waals surface area contributed by atoms with Crippen LogP contribution in [0.25, 0.3) is 0 Å². The average Bonchev–Trinajstić information content (AvgIpc) is 3.12. The zero-order chi connectivity index (χ0) is 21.9. The lowest BCUT2D eigenvalue weighted by atomic mass is 9.98. The van der Waals surface area contributed by atoms with Gasteiger partial charge in [-0.2, -0.15) is 5.10 Å². The molecule has 3 rings (SSSR count). The molecule has 1 saturated heterocycles. The molecule has 0 aliphatic carbocycles. The first-order chi connectivity index (χ1) is 14.2. The average molecular weight is 412 g/mol. The summed E-state index contributed by atoms with van der Waals surface area (Å²) in [6, 6.07) is 10.2. The van der Waals surface area contributed by atoms with Gasteiger partial charge in [-0.3, -0.25) is 15.0 Å². The molecule has 7 nitrogen and oxygen atoms in total. The van der Waals surface area contributed by atoms with Crippen molar-refractivity contribution in [1.29, 1.82) is 5.41 Å². The molecule has 0 radical (unpaired) electrons. The number of likely N-dealkylation sites (tertiary alicyclic amines) is 1. The van der Waals surface area contributed by atoms with Gasteiger partial charge in [-0.25, -0.2) is 4.79 Å². The zero-order valence-corrected chi connectivity index (χ0v) is 18.7. The number of hydrogen-bond donors (Lipinski definition) is 1. The van der Waals surface area contributed by atoms with Crippen LogP contribution in [-0.2, 0) is 18.3 Å². The highest BCUT2D eigenvalue weighted by atomic mass is 16.6. The number of carbonyl (C=O) groups is 1. The molecule has 2 aromatic rings. The number of rotatable bonds is 5. The third-order valence-electron chi connectivity index (χ3n) is 5.54. The molecular weight excluding hydrogens is 378 g/mol. The summed E-state index contributed by atoms with van der Waals surface area (Å²) in [5.41, 5.74) is 2.90. The van der Waals surface area contributed by atoms with Crippen molar-refractivity contribution in [2.45, 2.75) is 51.8 Å². The molecule has 0 unspecified atom stereocenters. The summed E-state index contributed by atoms with van der Waals surface area (Å²) in [5.74, 6) is 0. The van der Waals surface area contributed by atoms with Crippen LogP contribution in [0.4, 0.5) is 4.79 Å². The van der Waals surface area contributed by atoms with E-state index in [9.17, 15) is 4.79 Å². The number of nitrogens with zero attached hydrogens (tertiary/aromatic N) is 4. The highest BCUT2D eigenvalue weighted by Gasteiger charge is 2.28. The fourth-order valence-corrected chi connectivity index (χ4v) is 3.85. The van der Waals surface area contributed by atoms with Crippen LogP contribution >= 0.6 is 0 Å². The molecular formula is C23H33N5O2. The highest BCUT2D eigenvalue weighted by Crippen LogP contribution is 2.22. The van der Waals surface area contributed by atoms with Crippen molar-refractivity contribution in [2.24, 2.45) is 7.05 Å². The summed E-state index contributed by atoms with van der Waals surface area (Å²) < 4.78 is 7.24. The van der Waals surface area contributed by atoms with Crippen LogP contribution in [-0.4, -0.2) is 63.2 Å². The first kappa shape index (κ1) is 22.0. The fourth-order valence-electron chi connectivity index (χ4n) is 3.85. The molecule has 1 amide bonds. The minimum atomic E-state index is -0.478. The number of aryl methyl sites for hydroxylation is 1. The molecule has 0 saturated carbocycles. The maximum atomic E-state index is 12.3. The van der Waals surface area contributed by atoms with Gasteiger partial charge in [0.15, 0.2) is 0 Å². The van der Waals surface area contributed by atoms with Gasteiger partial charge in [-0.05, 0) is 45.2 Å². The molecule has 1 aromatic heterocycles. The predicted octanol–water partition coefficient (Wildman–Crippen LogP) is 3.67. The molecule has 1 N–H and O–H groups in total. The van der Waals surface area contributed by atoms with E-state index in [0.717, 1.165) is 49.3 Å². The van der Waals surface area contributed by atoms with Gasteiger partial charge in [0.25, 0.3) is 0 Å². The maximum Gasteiger partial charge on any atom is 0.410 e. The van der Waals surface area contributed by atoms with Crippen LogP contribution in [0.15, 0.2) is 36.5 Å². The Morgan fingerprint density at radius 2 is 1.90 bits per heavy atom. The number of nitrogens with one attached hydrogen (secondary N) is 1. The van der Waals surface area contributed by atoms with Crippen molar-refractivity contribution in [3.05, 3.63) is 53.3 Å². The number of ether oxygens (including phenoxy) is 1. The second-order valence-corrected chi connectivity index (χ2v) is 8.97. The number of benzene rings is 1. The van der Waals surface area contributed by atoms with E-state index in [0.29, 0.717) is 5.71 Å². The van der Waals surface area contributed by atoms with Gasteiger partial charge in [0, 0.05) is 51.5 Å². The van der Waals surface area contributed by atoms with Crippen molar-refractivity contribution < 1.29 is 9.53 Å². The topological polar surface area (TPSA) is 74.5 Å². The Balaban J connectivity index is 1.61. The van der Waals surface area contributed by atoms with Gasteiger partial charge in [0.05, 0.1) is 11.4 Å². The van der Waals surface area contributed by atoms with Gasteiger partial charge in [0.2, 0.25) is 0 Å². The largest absolute Gasteiger partial charge is 0.444 e. The highest BCUT2D eigenvalue weighted by molar-refractivity contribution is 6.10. The van der Waals surface area contributed by atoms with Crippen LogP contribution in [0.3, 0.4) is 0 Å². The quantitative estimate of drug-likeness (QED) is 0.762. The van der Waals surface area contributed by atoms with Gasteiger partial charge >= 0.3 is 6.09 Å². The number of carbonyl (C=O) groups excluding carboxylic acids is 1. The Morgan fingerprint density at radius 1 is 1.23 bits per heavy atom. The van der Waals surface area contributed by atoms with Crippen molar-refractivity contribution in [1.82, 2.24) is 19.6 Å². The summed E-state index contributed by atoms with van der Waals surface area (Å²) in [6.45, 7) is 8.28. The van der Waals surface area contributed by atoms with Gasteiger partial charge in [-0.1, -0.05) is 24.3 Å². The Hall–Kier alpha value is -2.67. The second-order valence-electron chi connectivity index (χ2n) is 8.97. The van der Waals surface area contributed by atoms with E-state index in [2.05, 4.69) is 16.1 Å². The van der Waals surface area contributed by atoms with E-state index < -0.39 is 5.60 Å². The predicted molar refractivity (Wildman–Crippen MR) is 118 cm³/mol. The molecule has 1 aliphatic rings. The Labute approximate surface area is 179 Å². The molecule has 0 spiro atoms. The van der Waals surface area contributed by atoms with Gasteiger partial charge < -0.3 is 9.64 Å². The molecule has 7 heteroatoms. The van der Waals surface area contributed by atoms with Crippen molar-refractivity contribution in [3.8, 4) is 0 Å². The van der Waals surface area contributed by atoms with E-state index >= 15 is 0 Å².